The highest BCUT2D eigenvalue weighted by molar-refractivity contribution is 5.87. The Morgan fingerprint density at radius 2 is 1.75 bits per heavy atom. The van der Waals surface area contributed by atoms with Gasteiger partial charge in [-0.05, 0) is 53.9 Å². The van der Waals surface area contributed by atoms with Crippen LogP contribution >= 0.6 is 0 Å². The number of hydrogen-bond acceptors (Lipinski definition) is 2. The maximum Gasteiger partial charge on any atom is 0.406 e. The summed E-state index contributed by atoms with van der Waals surface area (Å²) in [6, 6.07) is 23.7. The third-order valence-corrected chi connectivity index (χ3v) is 5.61. The maximum absolute atomic E-state index is 12.8. The third kappa shape index (κ3) is 4.97. The van der Waals surface area contributed by atoms with E-state index in [1.54, 1.807) is 19.2 Å². The first-order valence-corrected chi connectivity index (χ1v) is 10.5. The molecule has 166 valence electrons. The van der Waals surface area contributed by atoms with Crippen molar-refractivity contribution in [3.05, 3.63) is 90.1 Å². The Bertz CT molecular complexity index is 1200. The van der Waals surface area contributed by atoms with Gasteiger partial charge >= 0.3 is 6.18 Å². The Balaban J connectivity index is 1.59. The molecule has 1 heterocycles. The largest absolute Gasteiger partial charge is 0.496 e. The lowest BCUT2D eigenvalue weighted by molar-refractivity contribution is -0.139. The average Bonchev–Trinajstić information content (AvgIpc) is 3.18. The van der Waals surface area contributed by atoms with Gasteiger partial charge in [0.25, 0.3) is 0 Å². The number of nitrogens with zero attached hydrogens (tertiary/aromatic N) is 1. The predicted molar refractivity (Wildman–Crippen MR) is 122 cm³/mol. The van der Waals surface area contributed by atoms with E-state index in [1.165, 1.54) is 16.3 Å². The lowest BCUT2D eigenvalue weighted by atomic mass is 10.00. The zero-order valence-electron chi connectivity index (χ0n) is 18.0. The summed E-state index contributed by atoms with van der Waals surface area (Å²) in [5.74, 6) is 0.721. The Morgan fingerprint density at radius 3 is 2.47 bits per heavy atom. The van der Waals surface area contributed by atoms with Gasteiger partial charge < -0.3 is 14.6 Å². The zero-order chi connectivity index (χ0) is 22.7. The van der Waals surface area contributed by atoms with Gasteiger partial charge in [0.2, 0.25) is 0 Å². The van der Waals surface area contributed by atoms with Crippen LogP contribution < -0.4 is 10.1 Å². The number of aromatic nitrogens is 1. The summed E-state index contributed by atoms with van der Waals surface area (Å²) in [6.07, 6.45) is -2.78. The molecule has 0 spiro atoms. The minimum Gasteiger partial charge on any atom is -0.496 e. The molecular formula is C26H25F3N2O. The van der Waals surface area contributed by atoms with E-state index in [1.807, 2.05) is 42.5 Å². The van der Waals surface area contributed by atoms with Crippen LogP contribution in [0.3, 0.4) is 0 Å². The van der Waals surface area contributed by atoms with Gasteiger partial charge in [0.1, 0.15) is 12.3 Å². The molecule has 3 nitrogen and oxygen atoms in total. The second-order valence-corrected chi connectivity index (χ2v) is 7.88. The molecule has 0 saturated heterocycles. The fourth-order valence-electron chi connectivity index (χ4n) is 3.92. The number of alkyl halides is 3. The molecule has 3 aromatic carbocycles. The summed E-state index contributed by atoms with van der Waals surface area (Å²) < 4.78 is 45.3. The number of halogens is 3. The molecule has 0 amide bonds. The summed E-state index contributed by atoms with van der Waals surface area (Å²) >= 11 is 0. The molecule has 1 unspecified atom stereocenters. The molecule has 1 aromatic heterocycles. The van der Waals surface area contributed by atoms with Crippen LogP contribution in [-0.2, 0) is 13.1 Å². The smallest absolute Gasteiger partial charge is 0.406 e. The van der Waals surface area contributed by atoms with Crippen LogP contribution in [0.5, 0.6) is 5.75 Å². The predicted octanol–water partition coefficient (Wildman–Crippen LogP) is 6.73. The summed E-state index contributed by atoms with van der Waals surface area (Å²) in [4.78, 5) is 0. The number of ether oxygens (including phenoxy) is 1. The SMILES string of the molecule is COc1ccc(CNC(C)c2ccccc2)cc1-c1ccc2c(ccn2CC(F)(F)F)c1. The molecule has 0 bridgehead atoms. The summed E-state index contributed by atoms with van der Waals surface area (Å²) in [5, 5.41) is 4.29. The molecule has 0 saturated carbocycles. The summed E-state index contributed by atoms with van der Waals surface area (Å²) in [7, 11) is 1.62. The normalized spacial score (nSPS) is 12.8. The molecule has 1 N–H and O–H groups in total. The molecule has 0 aliphatic rings. The van der Waals surface area contributed by atoms with E-state index in [0.29, 0.717) is 12.1 Å². The molecule has 0 aliphatic heterocycles. The zero-order valence-corrected chi connectivity index (χ0v) is 18.0. The van der Waals surface area contributed by atoms with Crippen molar-refractivity contribution in [3.8, 4) is 16.9 Å². The lowest BCUT2D eigenvalue weighted by Crippen LogP contribution is -2.18. The lowest BCUT2D eigenvalue weighted by Gasteiger charge is -2.16. The van der Waals surface area contributed by atoms with Gasteiger partial charge in [-0.3, -0.25) is 0 Å². The first kappa shape index (κ1) is 22.0. The first-order valence-electron chi connectivity index (χ1n) is 10.5. The van der Waals surface area contributed by atoms with Crippen molar-refractivity contribution >= 4 is 10.9 Å². The monoisotopic (exact) mass is 438 g/mol. The van der Waals surface area contributed by atoms with Gasteiger partial charge in [0, 0.05) is 35.2 Å². The number of benzene rings is 3. The van der Waals surface area contributed by atoms with Crippen molar-refractivity contribution in [3.63, 3.8) is 0 Å². The number of fused-ring (bicyclic) bond motifs is 1. The number of nitrogens with one attached hydrogen (secondary N) is 1. The van der Waals surface area contributed by atoms with Crippen molar-refractivity contribution in [2.24, 2.45) is 0 Å². The van der Waals surface area contributed by atoms with Crippen LogP contribution in [0.25, 0.3) is 22.0 Å². The van der Waals surface area contributed by atoms with E-state index in [2.05, 4.69) is 30.4 Å². The van der Waals surface area contributed by atoms with Crippen molar-refractivity contribution in [1.82, 2.24) is 9.88 Å². The number of hydrogen-bond donors (Lipinski definition) is 1. The highest BCUT2D eigenvalue weighted by Gasteiger charge is 2.28. The van der Waals surface area contributed by atoms with Crippen LogP contribution in [0.2, 0.25) is 0 Å². The van der Waals surface area contributed by atoms with Crippen LogP contribution in [-0.4, -0.2) is 17.9 Å². The molecule has 0 radical (unpaired) electrons. The van der Waals surface area contributed by atoms with Crippen LogP contribution in [0, 0.1) is 0 Å². The van der Waals surface area contributed by atoms with Crippen molar-refractivity contribution in [2.75, 3.05) is 7.11 Å². The Hall–Kier alpha value is -3.25. The number of methoxy groups -OCH3 is 1. The van der Waals surface area contributed by atoms with Gasteiger partial charge in [0.05, 0.1) is 7.11 Å². The van der Waals surface area contributed by atoms with Crippen LogP contribution in [0.4, 0.5) is 13.2 Å². The molecule has 32 heavy (non-hydrogen) atoms. The highest BCUT2D eigenvalue weighted by atomic mass is 19.4. The van der Waals surface area contributed by atoms with Crippen molar-refractivity contribution in [2.45, 2.75) is 32.2 Å². The second-order valence-electron chi connectivity index (χ2n) is 7.88. The van der Waals surface area contributed by atoms with Gasteiger partial charge in [-0.25, -0.2) is 0 Å². The molecule has 4 aromatic rings. The van der Waals surface area contributed by atoms with Crippen LogP contribution in [0.15, 0.2) is 79.0 Å². The topological polar surface area (TPSA) is 26.2 Å². The molecule has 0 fully saturated rings. The Morgan fingerprint density at radius 1 is 0.969 bits per heavy atom. The minimum atomic E-state index is -4.26. The van der Waals surface area contributed by atoms with Gasteiger partial charge in [-0.2, -0.15) is 13.2 Å². The highest BCUT2D eigenvalue weighted by Crippen LogP contribution is 2.34. The van der Waals surface area contributed by atoms with Gasteiger partial charge in [0.15, 0.2) is 0 Å². The van der Waals surface area contributed by atoms with Gasteiger partial charge in [-0.15, -0.1) is 0 Å². The van der Waals surface area contributed by atoms with Gasteiger partial charge in [-0.1, -0.05) is 42.5 Å². The molecule has 0 aliphatic carbocycles. The molecule has 6 heteroatoms. The third-order valence-electron chi connectivity index (χ3n) is 5.61. The van der Waals surface area contributed by atoms with E-state index < -0.39 is 12.7 Å². The van der Waals surface area contributed by atoms with E-state index in [4.69, 9.17) is 4.74 Å². The van der Waals surface area contributed by atoms with E-state index >= 15 is 0 Å². The Labute approximate surface area is 185 Å². The van der Waals surface area contributed by atoms with E-state index in [-0.39, 0.29) is 6.04 Å². The number of rotatable bonds is 7. The second kappa shape index (κ2) is 9.09. The maximum atomic E-state index is 12.8. The Kier molecular flexibility index (Phi) is 6.24. The van der Waals surface area contributed by atoms with Crippen molar-refractivity contribution < 1.29 is 17.9 Å². The minimum absolute atomic E-state index is 0.200. The van der Waals surface area contributed by atoms with Crippen molar-refractivity contribution in [1.29, 1.82) is 0 Å². The summed E-state index contributed by atoms with van der Waals surface area (Å²) in [5.41, 5.74) is 4.68. The first-order chi connectivity index (χ1) is 15.3. The molecule has 4 rings (SSSR count). The molecular weight excluding hydrogens is 413 g/mol. The fraction of sp³-hybridized carbons (Fsp3) is 0.231. The van der Waals surface area contributed by atoms with E-state index in [9.17, 15) is 13.2 Å². The van der Waals surface area contributed by atoms with Crippen LogP contribution in [0.1, 0.15) is 24.1 Å². The van der Waals surface area contributed by atoms with E-state index in [0.717, 1.165) is 27.8 Å². The standard InChI is InChI=1S/C26H25F3N2O/c1-18(20-6-4-3-5-7-20)30-16-19-8-11-25(32-2)23(14-19)21-9-10-24-22(15-21)12-13-31(24)17-26(27,28)29/h3-15,18,30H,16-17H2,1-2H3. The average molecular weight is 438 g/mol. The summed E-state index contributed by atoms with van der Waals surface area (Å²) in [6.45, 7) is 1.80. The molecule has 1 atom stereocenters. The quantitative estimate of drug-likeness (QED) is 0.346. The fourth-order valence-corrected chi connectivity index (χ4v) is 3.92.